The van der Waals surface area contributed by atoms with Crippen LogP contribution in [0.15, 0.2) is 29.2 Å². The summed E-state index contributed by atoms with van der Waals surface area (Å²) in [5.41, 5.74) is 3.70. The molecule has 1 aliphatic rings. The number of aromatic nitrogens is 2. The Balaban J connectivity index is 1.81. The van der Waals surface area contributed by atoms with Crippen molar-refractivity contribution in [3.8, 4) is 0 Å². The number of hydrogen-bond acceptors (Lipinski definition) is 4. The zero-order valence-corrected chi connectivity index (χ0v) is 13.6. The Morgan fingerprint density at radius 2 is 2.14 bits per heavy atom. The Kier molecular flexibility index (Phi) is 4.78. The van der Waals surface area contributed by atoms with Gasteiger partial charge in [0.15, 0.2) is 0 Å². The van der Waals surface area contributed by atoms with Crippen LogP contribution in [0.1, 0.15) is 29.7 Å². The fourth-order valence-corrected chi connectivity index (χ4v) is 3.62. The minimum absolute atomic E-state index is 0.761. The van der Waals surface area contributed by atoms with Crippen molar-refractivity contribution in [1.29, 1.82) is 0 Å². The molecule has 3 rings (SSSR count). The second kappa shape index (κ2) is 6.77. The van der Waals surface area contributed by atoms with Gasteiger partial charge in [0.1, 0.15) is 5.82 Å². The van der Waals surface area contributed by atoms with E-state index in [-0.39, 0.29) is 0 Å². The van der Waals surface area contributed by atoms with E-state index in [2.05, 4.69) is 12.2 Å². The molecule has 1 aliphatic heterocycles. The van der Waals surface area contributed by atoms with Crippen molar-refractivity contribution in [3.63, 3.8) is 0 Å². The van der Waals surface area contributed by atoms with Crippen LogP contribution < -0.4 is 5.32 Å². The second-order valence-electron chi connectivity index (χ2n) is 5.01. The molecular formula is C16H18ClN3S. The van der Waals surface area contributed by atoms with Crippen molar-refractivity contribution in [1.82, 2.24) is 15.3 Å². The second-order valence-corrected chi connectivity index (χ2v) is 6.44. The molecule has 0 spiro atoms. The van der Waals surface area contributed by atoms with Gasteiger partial charge in [0.05, 0.1) is 16.5 Å². The van der Waals surface area contributed by atoms with E-state index in [1.165, 1.54) is 17.0 Å². The fourth-order valence-electron chi connectivity index (χ4n) is 2.53. The van der Waals surface area contributed by atoms with Crippen LogP contribution in [0.4, 0.5) is 0 Å². The molecule has 0 bridgehead atoms. The summed E-state index contributed by atoms with van der Waals surface area (Å²) in [5.74, 6) is 1.68. The van der Waals surface area contributed by atoms with Gasteiger partial charge >= 0.3 is 0 Å². The SMILES string of the molecule is CCc1nc(CSc2ccccc2Cl)nc2c1CNCC2. The van der Waals surface area contributed by atoms with E-state index >= 15 is 0 Å². The highest BCUT2D eigenvalue weighted by Gasteiger charge is 2.16. The van der Waals surface area contributed by atoms with Crippen LogP contribution in [0.5, 0.6) is 0 Å². The van der Waals surface area contributed by atoms with E-state index in [0.717, 1.165) is 47.4 Å². The van der Waals surface area contributed by atoms with E-state index in [4.69, 9.17) is 21.6 Å². The van der Waals surface area contributed by atoms with E-state index in [0.29, 0.717) is 0 Å². The Morgan fingerprint density at radius 3 is 2.95 bits per heavy atom. The minimum atomic E-state index is 0.761. The van der Waals surface area contributed by atoms with Crippen LogP contribution in [0.25, 0.3) is 0 Å². The lowest BCUT2D eigenvalue weighted by Gasteiger charge is -2.19. The number of halogens is 1. The third-order valence-electron chi connectivity index (χ3n) is 3.59. The molecular weight excluding hydrogens is 302 g/mol. The number of nitrogens with zero attached hydrogens (tertiary/aromatic N) is 2. The molecule has 0 fully saturated rings. The molecule has 0 saturated heterocycles. The first kappa shape index (κ1) is 14.8. The van der Waals surface area contributed by atoms with E-state index in [1.807, 2.05) is 24.3 Å². The van der Waals surface area contributed by atoms with E-state index in [1.54, 1.807) is 11.8 Å². The maximum atomic E-state index is 6.19. The third kappa shape index (κ3) is 3.39. The number of hydrogen-bond donors (Lipinski definition) is 1. The van der Waals surface area contributed by atoms with Gasteiger partial charge in [-0.15, -0.1) is 11.8 Å². The van der Waals surface area contributed by atoms with Crippen molar-refractivity contribution in [2.45, 2.75) is 37.0 Å². The average Bonchev–Trinajstić information content (AvgIpc) is 2.53. The maximum Gasteiger partial charge on any atom is 0.139 e. The normalized spacial score (nSPS) is 14.0. The molecule has 110 valence electrons. The summed E-state index contributed by atoms with van der Waals surface area (Å²) in [7, 11) is 0. The summed E-state index contributed by atoms with van der Waals surface area (Å²) in [6.45, 7) is 4.06. The summed E-state index contributed by atoms with van der Waals surface area (Å²) in [4.78, 5) is 10.6. The summed E-state index contributed by atoms with van der Waals surface area (Å²) in [6, 6.07) is 7.91. The predicted octanol–water partition coefficient (Wildman–Crippen LogP) is 3.63. The monoisotopic (exact) mass is 319 g/mol. The van der Waals surface area contributed by atoms with Crippen LogP contribution in [0.3, 0.4) is 0 Å². The predicted molar refractivity (Wildman–Crippen MR) is 87.8 cm³/mol. The first-order valence-corrected chi connectivity index (χ1v) is 8.60. The molecule has 1 N–H and O–H groups in total. The highest BCUT2D eigenvalue weighted by Crippen LogP contribution is 2.29. The van der Waals surface area contributed by atoms with Crippen molar-refractivity contribution >= 4 is 23.4 Å². The summed E-state index contributed by atoms with van der Waals surface area (Å²) in [6.07, 6.45) is 1.95. The number of benzene rings is 1. The molecule has 3 nitrogen and oxygen atoms in total. The molecule has 0 atom stereocenters. The third-order valence-corrected chi connectivity index (χ3v) is 5.10. The summed E-state index contributed by atoms with van der Waals surface area (Å²) < 4.78 is 0. The van der Waals surface area contributed by atoms with E-state index in [9.17, 15) is 0 Å². The summed E-state index contributed by atoms with van der Waals surface area (Å²) >= 11 is 7.89. The largest absolute Gasteiger partial charge is 0.312 e. The average molecular weight is 320 g/mol. The molecule has 0 radical (unpaired) electrons. The van der Waals surface area contributed by atoms with Gasteiger partial charge in [-0.25, -0.2) is 9.97 Å². The van der Waals surface area contributed by atoms with Crippen LogP contribution in [0.2, 0.25) is 5.02 Å². The van der Waals surface area contributed by atoms with Crippen molar-refractivity contribution in [2.24, 2.45) is 0 Å². The van der Waals surface area contributed by atoms with E-state index < -0.39 is 0 Å². The zero-order chi connectivity index (χ0) is 14.7. The summed E-state index contributed by atoms with van der Waals surface area (Å²) in [5, 5.41) is 4.19. The Morgan fingerprint density at radius 1 is 1.29 bits per heavy atom. The smallest absolute Gasteiger partial charge is 0.139 e. The molecule has 0 aliphatic carbocycles. The van der Waals surface area contributed by atoms with Crippen molar-refractivity contribution < 1.29 is 0 Å². The van der Waals surface area contributed by atoms with Gasteiger partial charge in [-0.2, -0.15) is 0 Å². The lowest BCUT2D eigenvalue weighted by Crippen LogP contribution is -2.27. The molecule has 0 amide bonds. The Labute approximate surface area is 134 Å². The standard InChI is InChI=1S/C16H18ClN3S/c1-2-13-11-9-18-8-7-14(11)20-16(19-13)10-21-15-6-4-3-5-12(15)17/h3-6,18H,2,7-10H2,1H3. The van der Waals surface area contributed by atoms with Gasteiger partial charge in [-0.3, -0.25) is 0 Å². The Bertz CT molecular complexity index is 628. The number of thioether (sulfide) groups is 1. The quantitative estimate of drug-likeness (QED) is 0.873. The highest BCUT2D eigenvalue weighted by molar-refractivity contribution is 7.98. The molecule has 5 heteroatoms. The number of nitrogens with one attached hydrogen (secondary N) is 1. The molecule has 1 aromatic heterocycles. The first-order valence-electron chi connectivity index (χ1n) is 7.23. The number of rotatable bonds is 4. The number of aryl methyl sites for hydroxylation is 1. The van der Waals surface area contributed by atoms with Crippen LogP contribution in [-0.4, -0.2) is 16.5 Å². The van der Waals surface area contributed by atoms with Gasteiger partial charge in [0, 0.05) is 35.7 Å². The number of fused-ring (bicyclic) bond motifs is 1. The fraction of sp³-hybridized carbons (Fsp3) is 0.375. The van der Waals surface area contributed by atoms with Gasteiger partial charge in [-0.05, 0) is 18.6 Å². The van der Waals surface area contributed by atoms with Crippen LogP contribution >= 0.6 is 23.4 Å². The van der Waals surface area contributed by atoms with Gasteiger partial charge in [-0.1, -0.05) is 30.7 Å². The van der Waals surface area contributed by atoms with Crippen molar-refractivity contribution in [3.05, 3.63) is 52.1 Å². The topological polar surface area (TPSA) is 37.8 Å². The molecule has 2 heterocycles. The molecule has 0 unspecified atom stereocenters. The van der Waals surface area contributed by atoms with Gasteiger partial charge in [0.2, 0.25) is 0 Å². The lowest BCUT2D eigenvalue weighted by atomic mass is 10.0. The first-order chi connectivity index (χ1) is 10.3. The Hall–Kier alpha value is -1.10. The van der Waals surface area contributed by atoms with Crippen molar-refractivity contribution in [2.75, 3.05) is 6.54 Å². The minimum Gasteiger partial charge on any atom is -0.312 e. The zero-order valence-electron chi connectivity index (χ0n) is 12.0. The van der Waals surface area contributed by atoms with Gasteiger partial charge < -0.3 is 5.32 Å². The molecule has 2 aromatic rings. The van der Waals surface area contributed by atoms with Gasteiger partial charge in [0.25, 0.3) is 0 Å². The van der Waals surface area contributed by atoms with Crippen LogP contribution in [-0.2, 0) is 25.1 Å². The molecule has 0 saturated carbocycles. The van der Waals surface area contributed by atoms with Crippen LogP contribution in [0, 0.1) is 0 Å². The highest BCUT2D eigenvalue weighted by atomic mass is 35.5. The molecule has 1 aromatic carbocycles. The molecule has 21 heavy (non-hydrogen) atoms. The maximum absolute atomic E-state index is 6.19. The lowest BCUT2D eigenvalue weighted by molar-refractivity contribution is 0.613.